The Hall–Kier alpha value is -2.93. The fourth-order valence-corrected chi connectivity index (χ4v) is 2.60. The number of nitrogens with zero attached hydrogens (tertiary/aromatic N) is 2. The lowest BCUT2D eigenvalue weighted by Gasteiger charge is -2.18. The summed E-state index contributed by atoms with van der Waals surface area (Å²) in [4.78, 5) is 8.27. The number of fused-ring (bicyclic) bond motifs is 1. The van der Waals surface area contributed by atoms with Crippen LogP contribution in [-0.2, 0) is 6.42 Å². The summed E-state index contributed by atoms with van der Waals surface area (Å²) in [5, 5.41) is 22.8. The molecule has 0 bridgehead atoms. The maximum Gasteiger partial charge on any atom is 0.167 e. The predicted molar refractivity (Wildman–Crippen MR) is 92.4 cm³/mol. The number of ether oxygens (including phenoxy) is 1. The van der Waals surface area contributed by atoms with Crippen molar-refractivity contribution in [1.29, 1.82) is 0 Å². The van der Waals surface area contributed by atoms with Crippen molar-refractivity contribution in [2.75, 3.05) is 19.0 Å². The standard InChI is InChI=1S/C18H18FN3O3/c1-25-17-7-14-16(8-15(17)19)20-10-21-18(14)22-12(9-23)6-11-2-4-13(24)5-3-11/h2-5,7-8,10,12,23-24H,6,9H2,1H3,(H,20,21,22)/t12-/m0/s1. The molecule has 3 rings (SSSR count). The third-order valence-corrected chi connectivity index (χ3v) is 3.89. The van der Waals surface area contributed by atoms with E-state index in [1.54, 1.807) is 24.3 Å². The van der Waals surface area contributed by atoms with Crippen LogP contribution < -0.4 is 10.1 Å². The number of methoxy groups -OCH3 is 1. The number of hydrogen-bond acceptors (Lipinski definition) is 6. The Kier molecular flexibility index (Phi) is 4.95. The Bertz CT molecular complexity index is 871. The van der Waals surface area contributed by atoms with Gasteiger partial charge in [0.25, 0.3) is 0 Å². The molecular formula is C18H18FN3O3. The summed E-state index contributed by atoms with van der Waals surface area (Å²) in [6, 6.07) is 9.27. The van der Waals surface area contributed by atoms with Crippen LogP contribution in [0.15, 0.2) is 42.7 Å². The minimum absolute atomic E-state index is 0.101. The maximum absolute atomic E-state index is 13.8. The fraction of sp³-hybridized carbons (Fsp3) is 0.222. The molecule has 0 radical (unpaired) electrons. The number of hydrogen-bond donors (Lipinski definition) is 3. The molecule has 1 atom stereocenters. The van der Waals surface area contributed by atoms with Gasteiger partial charge in [0.05, 0.1) is 25.3 Å². The van der Waals surface area contributed by atoms with E-state index in [2.05, 4.69) is 15.3 Å². The zero-order valence-electron chi connectivity index (χ0n) is 13.6. The van der Waals surface area contributed by atoms with E-state index in [1.165, 1.54) is 25.6 Å². The number of aromatic hydroxyl groups is 1. The molecule has 2 aromatic carbocycles. The topological polar surface area (TPSA) is 87.5 Å². The molecule has 0 saturated carbocycles. The number of nitrogens with one attached hydrogen (secondary N) is 1. The normalized spacial score (nSPS) is 12.1. The Morgan fingerprint density at radius 1 is 1.20 bits per heavy atom. The summed E-state index contributed by atoms with van der Waals surface area (Å²) < 4.78 is 18.8. The molecule has 3 aromatic rings. The van der Waals surface area contributed by atoms with Gasteiger partial charge in [-0.05, 0) is 30.2 Å². The second kappa shape index (κ2) is 7.31. The predicted octanol–water partition coefficient (Wildman–Crippen LogP) is 2.50. The van der Waals surface area contributed by atoms with Crippen molar-refractivity contribution in [3.05, 3.63) is 54.1 Å². The second-order valence-corrected chi connectivity index (χ2v) is 5.62. The minimum atomic E-state index is -0.498. The summed E-state index contributed by atoms with van der Waals surface area (Å²) in [5.41, 5.74) is 1.39. The first-order valence-electron chi connectivity index (χ1n) is 7.74. The molecule has 0 aliphatic carbocycles. The quantitative estimate of drug-likeness (QED) is 0.637. The average molecular weight is 343 g/mol. The van der Waals surface area contributed by atoms with Gasteiger partial charge in [-0.15, -0.1) is 0 Å². The van der Waals surface area contributed by atoms with Gasteiger partial charge in [0.1, 0.15) is 17.9 Å². The molecule has 0 aliphatic rings. The smallest absolute Gasteiger partial charge is 0.167 e. The summed E-state index contributed by atoms with van der Waals surface area (Å²) in [5.74, 6) is 0.279. The summed E-state index contributed by atoms with van der Waals surface area (Å²) >= 11 is 0. The zero-order valence-corrected chi connectivity index (χ0v) is 13.6. The highest BCUT2D eigenvalue weighted by molar-refractivity contribution is 5.90. The van der Waals surface area contributed by atoms with Crippen LogP contribution in [0.25, 0.3) is 10.9 Å². The number of halogens is 1. The molecule has 25 heavy (non-hydrogen) atoms. The van der Waals surface area contributed by atoms with Crippen molar-refractivity contribution in [2.45, 2.75) is 12.5 Å². The van der Waals surface area contributed by atoms with E-state index in [1.807, 2.05) is 0 Å². The third-order valence-electron chi connectivity index (χ3n) is 3.89. The number of anilines is 1. The third kappa shape index (κ3) is 3.77. The van der Waals surface area contributed by atoms with E-state index in [0.29, 0.717) is 23.1 Å². The summed E-state index contributed by atoms with van der Waals surface area (Å²) in [6.45, 7) is -0.120. The molecule has 6 nitrogen and oxygen atoms in total. The number of aromatic nitrogens is 2. The van der Waals surface area contributed by atoms with E-state index < -0.39 is 5.82 Å². The van der Waals surface area contributed by atoms with Crippen molar-refractivity contribution in [3.63, 3.8) is 0 Å². The van der Waals surface area contributed by atoms with Crippen LogP contribution >= 0.6 is 0 Å². The lowest BCUT2D eigenvalue weighted by molar-refractivity contribution is 0.273. The van der Waals surface area contributed by atoms with Gasteiger partial charge in [0, 0.05) is 11.5 Å². The molecular weight excluding hydrogens is 325 g/mol. The molecule has 0 saturated heterocycles. The van der Waals surface area contributed by atoms with E-state index in [9.17, 15) is 14.6 Å². The molecule has 0 unspecified atom stereocenters. The van der Waals surface area contributed by atoms with Gasteiger partial charge >= 0.3 is 0 Å². The van der Waals surface area contributed by atoms with Crippen LogP contribution in [0, 0.1) is 5.82 Å². The number of rotatable bonds is 6. The van der Waals surface area contributed by atoms with Crippen molar-refractivity contribution in [2.24, 2.45) is 0 Å². The Labute approximate surface area is 143 Å². The van der Waals surface area contributed by atoms with Crippen LogP contribution in [0.2, 0.25) is 0 Å². The molecule has 7 heteroatoms. The maximum atomic E-state index is 13.8. The fourth-order valence-electron chi connectivity index (χ4n) is 2.60. The molecule has 0 amide bonds. The van der Waals surface area contributed by atoms with Crippen LogP contribution in [0.1, 0.15) is 5.56 Å². The molecule has 1 aromatic heterocycles. The monoisotopic (exact) mass is 343 g/mol. The molecule has 3 N–H and O–H groups in total. The van der Waals surface area contributed by atoms with E-state index in [0.717, 1.165) is 5.56 Å². The number of aliphatic hydroxyl groups is 1. The average Bonchev–Trinajstić information content (AvgIpc) is 2.62. The summed E-state index contributed by atoms with van der Waals surface area (Å²) in [7, 11) is 1.39. The first-order chi connectivity index (χ1) is 12.1. The van der Waals surface area contributed by atoms with E-state index in [4.69, 9.17) is 4.74 Å². The molecule has 0 fully saturated rings. The van der Waals surface area contributed by atoms with E-state index >= 15 is 0 Å². The van der Waals surface area contributed by atoms with Crippen LogP contribution in [0.4, 0.5) is 10.2 Å². The van der Waals surface area contributed by atoms with Crippen LogP contribution in [-0.4, -0.2) is 39.9 Å². The lowest BCUT2D eigenvalue weighted by Crippen LogP contribution is -2.27. The SMILES string of the molecule is COc1cc2c(N[C@H](CO)Cc3ccc(O)cc3)ncnc2cc1F. The Morgan fingerprint density at radius 3 is 2.64 bits per heavy atom. The van der Waals surface area contributed by atoms with Gasteiger partial charge in [-0.25, -0.2) is 14.4 Å². The summed E-state index contributed by atoms with van der Waals surface area (Å²) in [6.07, 6.45) is 1.87. The van der Waals surface area contributed by atoms with Crippen LogP contribution in [0.5, 0.6) is 11.5 Å². The van der Waals surface area contributed by atoms with Gasteiger partial charge in [-0.3, -0.25) is 0 Å². The van der Waals surface area contributed by atoms with Crippen LogP contribution in [0.3, 0.4) is 0 Å². The number of phenolic OH excluding ortho intramolecular Hbond substituents is 1. The second-order valence-electron chi connectivity index (χ2n) is 5.62. The van der Waals surface area contributed by atoms with Crippen molar-refractivity contribution in [3.8, 4) is 11.5 Å². The van der Waals surface area contributed by atoms with Crippen molar-refractivity contribution < 1.29 is 19.3 Å². The van der Waals surface area contributed by atoms with Gasteiger partial charge in [0.2, 0.25) is 0 Å². The largest absolute Gasteiger partial charge is 0.508 e. The Balaban J connectivity index is 1.88. The highest BCUT2D eigenvalue weighted by atomic mass is 19.1. The lowest BCUT2D eigenvalue weighted by atomic mass is 10.1. The van der Waals surface area contributed by atoms with Gasteiger partial charge in [0.15, 0.2) is 11.6 Å². The van der Waals surface area contributed by atoms with Gasteiger partial charge < -0.3 is 20.3 Å². The highest BCUT2D eigenvalue weighted by Crippen LogP contribution is 2.27. The molecule has 1 heterocycles. The Morgan fingerprint density at radius 2 is 1.96 bits per heavy atom. The number of phenols is 1. The number of aliphatic hydroxyl groups excluding tert-OH is 1. The van der Waals surface area contributed by atoms with Gasteiger partial charge in [-0.1, -0.05) is 12.1 Å². The number of benzene rings is 2. The van der Waals surface area contributed by atoms with E-state index in [-0.39, 0.29) is 24.1 Å². The zero-order chi connectivity index (χ0) is 17.8. The molecule has 0 spiro atoms. The van der Waals surface area contributed by atoms with Crippen molar-refractivity contribution >= 4 is 16.7 Å². The van der Waals surface area contributed by atoms with Gasteiger partial charge in [-0.2, -0.15) is 0 Å². The van der Waals surface area contributed by atoms with Crippen molar-refractivity contribution in [1.82, 2.24) is 9.97 Å². The first-order valence-corrected chi connectivity index (χ1v) is 7.74. The first kappa shape index (κ1) is 16.9. The molecule has 130 valence electrons. The molecule has 0 aliphatic heterocycles. The highest BCUT2D eigenvalue weighted by Gasteiger charge is 2.14. The minimum Gasteiger partial charge on any atom is -0.508 e.